The standard InChI is InChI=1S/C24H28N2O/c25-27-24(20-7-2-1-3-8-20)21-13-10-18(11-14-21)12-16-22-17-15-19-6-4-5-9-23(19)26-22/h4-6,9-11,13-15,17,20,24H,1-3,7-8,12,16,25H2. The molecule has 2 N–H and O–H groups in total. The van der Waals surface area contributed by atoms with Gasteiger partial charge in [-0.05, 0) is 54.9 Å². The Morgan fingerprint density at radius 3 is 2.44 bits per heavy atom. The van der Waals surface area contributed by atoms with Crippen LogP contribution in [0, 0.1) is 5.92 Å². The maximum absolute atomic E-state index is 5.65. The molecule has 1 aliphatic carbocycles. The third-order valence-corrected chi connectivity index (χ3v) is 5.86. The van der Waals surface area contributed by atoms with Gasteiger partial charge in [-0.1, -0.05) is 67.8 Å². The van der Waals surface area contributed by atoms with Crippen LogP contribution in [0.2, 0.25) is 0 Å². The molecule has 0 saturated heterocycles. The molecule has 0 bridgehead atoms. The van der Waals surface area contributed by atoms with Crippen molar-refractivity contribution in [1.29, 1.82) is 0 Å². The molecule has 2 aromatic carbocycles. The number of nitrogens with two attached hydrogens (primary N) is 1. The minimum atomic E-state index is 0.0292. The summed E-state index contributed by atoms with van der Waals surface area (Å²) in [6.45, 7) is 0. The normalized spacial score (nSPS) is 16.5. The minimum absolute atomic E-state index is 0.0292. The quantitative estimate of drug-likeness (QED) is 0.588. The van der Waals surface area contributed by atoms with Crippen LogP contribution in [0.15, 0.2) is 60.7 Å². The van der Waals surface area contributed by atoms with E-state index in [9.17, 15) is 0 Å². The lowest BCUT2D eigenvalue weighted by molar-refractivity contribution is -0.00276. The van der Waals surface area contributed by atoms with Crippen molar-refractivity contribution >= 4 is 10.9 Å². The van der Waals surface area contributed by atoms with Crippen molar-refractivity contribution in [2.45, 2.75) is 51.0 Å². The van der Waals surface area contributed by atoms with E-state index in [-0.39, 0.29) is 6.10 Å². The summed E-state index contributed by atoms with van der Waals surface area (Å²) >= 11 is 0. The summed E-state index contributed by atoms with van der Waals surface area (Å²) in [4.78, 5) is 10.1. The summed E-state index contributed by atoms with van der Waals surface area (Å²) < 4.78 is 0. The van der Waals surface area contributed by atoms with E-state index in [1.54, 1.807) is 0 Å². The highest BCUT2D eigenvalue weighted by molar-refractivity contribution is 5.78. The fraction of sp³-hybridized carbons (Fsp3) is 0.375. The highest BCUT2D eigenvalue weighted by Gasteiger charge is 2.25. The van der Waals surface area contributed by atoms with Crippen molar-refractivity contribution in [3.05, 3.63) is 77.5 Å². The summed E-state index contributed by atoms with van der Waals surface area (Å²) in [7, 11) is 0. The topological polar surface area (TPSA) is 48.1 Å². The SMILES string of the molecule is NOC(c1ccc(CCc2ccc3ccccc3n2)cc1)C1CCCCC1. The van der Waals surface area contributed by atoms with Crippen LogP contribution in [0.25, 0.3) is 10.9 Å². The molecule has 3 nitrogen and oxygen atoms in total. The van der Waals surface area contributed by atoms with E-state index in [2.05, 4.69) is 54.6 Å². The Morgan fingerprint density at radius 2 is 1.67 bits per heavy atom. The highest BCUT2D eigenvalue weighted by atomic mass is 16.6. The van der Waals surface area contributed by atoms with Crippen LogP contribution in [0.5, 0.6) is 0 Å². The predicted molar refractivity (Wildman–Crippen MR) is 110 cm³/mol. The van der Waals surface area contributed by atoms with Crippen molar-refractivity contribution in [2.24, 2.45) is 11.8 Å². The lowest BCUT2D eigenvalue weighted by atomic mass is 9.82. The molecule has 27 heavy (non-hydrogen) atoms. The molecule has 1 unspecified atom stereocenters. The fourth-order valence-electron chi connectivity index (χ4n) is 4.29. The Labute approximate surface area is 161 Å². The number of nitrogens with zero attached hydrogens (tertiary/aromatic N) is 1. The van der Waals surface area contributed by atoms with E-state index in [0.717, 1.165) is 24.1 Å². The zero-order valence-electron chi connectivity index (χ0n) is 15.8. The molecule has 1 fully saturated rings. The summed E-state index contributed by atoms with van der Waals surface area (Å²) in [5.74, 6) is 6.20. The number of fused-ring (bicyclic) bond motifs is 1. The van der Waals surface area contributed by atoms with Crippen LogP contribution < -0.4 is 5.90 Å². The molecule has 1 aromatic heterocycles. The Hall–Kier alpha value is -2.23. The van der Waals surface area contributed by atoms with Crippen LogP contribution >= 0.6 is 0 Å². The molecule has 1 heterocycles. The Morgan fingerprint density at radius 1 is 0.889 bits per heavy atom. The number of para-hydroxylation sites is 1. The van der Waals surface area contributed by atoms with Crippen molar-refractivity contribution < 1.29 is 4.84 Å². The molecule has 3 heteroatoms. The maximum Gasteiger partial charge on any atom is 0.106 e. The molecule has 3 aromatic rings. The zero-order chi connectivity index (χ0) is 18.5. The Balaban J connectivity index is 1.40. The van der Waals surface area contributed by atoms with Gasteiger partial charge in [0.25, 0.3) is 0 Å². The third kappa shape index (κ3) is 4.37. The lowest BCUT2D eigenvalue weighted by Crippen LogP contribution is -2.21. The van der Waals surface area contributed by atoms with Gasteiger partial charge >= 0.3 is 0 Å². The molecule has 0 radical (unpaired) electrons. The second-order valence-electron chi connectivity index (χ2n) is 7.69. The van der Waals surface area contributed by atoms with Crippen molar-refractivity contribution in [1.82, 2.24) is 4.98 Å². The molecular weight excluding hydrogens is 332 g/mol. The van der Waals surface area contributed by atoms with E-state index in [4.69, 9.17) is 15.7 Å². The van der Waals surface area contributed by atoms with Crippen LogP contribution in [-0.4, -0.2) is 4.98 Å². The zero-order valence-corrected chi connectivity index (χ0v) is 15.8. The van der Waals surface area contributed by atoms with Crippen molar-refractivity contribution in [2.75, 3.05) is 0 Å². The number of hydrogen-bond acceptors (Lipinski definition) is 3. The first-order valence-corrected chi connectivity index (χ1v) is 10.1. The van der Waals surface area contributed by atoms with Gasteiger partial charge < -0.3 is 0 Å². The maximum atomic E-state index is 5.65. The van der Waals surface area contributed by atoms with E-state index in [1.807, 2.05) is 6.07 Å². The molecule has 1 aliphatic rings. The van der Waals surface area contributed by atoms with Gasteiger partial charge in [-0.15, -0.1) is 0 Å². The lowest BCUT2D eigenvalue weighted by Gasteiger charge is -2.29. The predicted octanol–water partition coefficient (Wildman–Crippen LogP) is 5.53. The molecule has 4 rings (SSSR count). The molecule has 1 saturated carbocycles. The number of aromatic nitrogens is 1. The number of hydrogen-bond donors (Lipinski definition) is 1. The average molecular weight is 361 g/mol. The molecular formula is C24H28N2O. The summed E-state index contributed by atoms with van der Waals surface area (Å²) in [5.41, 5.74) is 4.74. The Bertz CT molecular complexity index is 869. The Kier molecular flexibility index (Phi) is 5.81. The van der Waals surface area contributed by atoms with Gasteiger partial charge in [0.05, 0.1) is 5.52 Å². The van der Waals surface area contributed by atoms with Crippen molar-refractivity contribution in [3.8, 4) is 0 Å². The number of aryl methyl sites for hydroxylation is 2. The van der Waals surface area contributed by atoms with Gasteiger partial charge in [0.1, 0.15) is 6.10 Å². The first kappa shape index (κ1) is 18.1. The summed E-state index contributed by atoms with van der Waals surface area (Å²) in [6, 6.07) is 21.4. The largest absolute Gasteiger partial charge is 0.296 e. The van der Waals surface area contributed by atoms with E-state index >= 15 is 0 Å². The van der Waals surface area contributed by atoms with Crippen molar-refractivity contribution in [3.63, 3.8) is 0 Å². The van der Waals surface area contributed by atoms with Gasteiger partial charge in [-0.25, -0.2) is 5.90 Å². The molecule has 0 amide bonds. The highest BCUT2D eigenvalue weighted by Crippen LogP contribution is 2.36. The molecule has 0 aliphatic heterocycles. The van der Waals surface area contributed by atoms with Gasteiger partial charge in [0.2, 0.25) is 0 Å². The molecule has 0 spiro atoms. The number of pyridine rings is 1. The second-order valence-corrected chi connectivity index (χ2v) is 7.69. The summed E-state index contributed by atoms with van der Waals surface area (Å²) in [5, 5.41) is 1.20. The average Bonchev–Trinajstić information content (AvgIpc) is 2.74. The van der Waals surface area contributed by atoms with Gasteiger partial charge in [0.15, 0.2) is 0 Å². The van der Waals surface area contributed by atoms with Crippen LogP contribution in [0.1, 0.15) is 55.0 Å². The molecule has 1 atom stereocenters. The number of benzene rings is 2. The van der Waals surface area contributed by atoms with E-state index < -0.39 is 0 Å². The molecule has 140 valence electrons. The fourth-order valence-corrected chi connectivity index (χ4v) is 4.29. The van der Waals surface area contributed by atoms with Crippen LogP contribution in [-0.2, 0) is 17.7 Å². The minimum Gasteiger partial charge on any atom is -0.296 e. The van der Waals surface area contributed by atoms with Crippen LogP contribution in [0.4, 0.5) is 0 Å². The smallest absolute Gasteiger partial charge is 0.106 e. The first-order valence-electron chi connectivity index (χ1n) is 10.1. The first-order chi connectivity index (χ1) is 13.3. The van der Waals surface area contributed by atoms with Gasteiger partial charge in [0, 0.05) is 11.1 Å². The number of rotatable bonds is 6. The summed E-state index contributed by atoms with van der Waals surface area (Å²) in [6.07, 6.45) is 8.33. The monoisotopic (exact) mass is 360 g/mol. The van der Waals surface area contributed by atoms with E-state index in [0.29, 0.717) is 5.92 Å². The van der Waals surface area contributed by atoms with E-state index in [1.165, 1.54) is 48.6 Å². The van der Waals surface area contributed by atoms with Crippen LogP contribution in [0.3, 0.4) is 0 Å². The van der Waals surface area contributed by atoms with Gasteiger partial charge in [-0.3, -0.25) is 9.82 Å². The second kappa shape index (κ2) is 8.64. The van der Waals surface area contributed by atoms with Gasteiger partial charge in [-0.2, -0.15) is 0 Å². The third-order valence-electron chi connectivity index (χ3n) is 5.86.